The van der Waals surface area contributed by atoms with Gasteiger partial charge < -0.3 is 4.74 Å². The number of fused-ring (bicyclic) bond motifs is 1. The molecule has 2 aromatic rings. The summed E-state index contributed by atoms with van der Waals surface area (Å²) in [6, 6.07) is 3.22. The lowest BCUT2D eigenvalue weighted by Crippen LogP contribution is -1.88. The Morgan fingerprint density at radius 2 is 2.23 bits per heavy atom. The van der Waals surface area contributed by atoms with Crippen LogP contribution in [0, 0.1) is 9.39 Å². The number of thiophene rings is 1. The number of halogens is 2. The maximum Gasteiger partial charge on any atom is 0.165 e. The second-order valence-corrected chi connectivity index (χ2v) is 4.61. The van der Waals surface area contributed by atoms with E-state index in [0.29, 0.717) is 5.75 Å². The van der Waals surface area contributed by atoms with Gasteiger partial charge in [-0.05, 0) is 34.7 Å². The van der Waals surface area contributed by atoms with Crippen molar-refractivity contribution in [1.82, 2.24) is 0 Å². The van der Waals surface area contributed by atoms with E-state index >= 15 is 0 Å². The van der Waals surface area contributed by atoms with Gasteiger partial charge in [-0.1, -0.05) is 0 Å². The summed E-state index contributed by atoms with van der Waals surface area (Å²) in [5.74, 6) is 0.0504. The van der Waals surface area contributed by atoms with E-state index in [4.69, 9.17) is 4.74 Å². The van der Waals surface area contributed by atoms with Crippen LogP contribution in [0.5, 0.6) is 5.75 Å². The van der Waals surface area contributed by atoms with Gasteiger partial charge in [0.1, 0.15) is 0 Å². The fraction of sp³-hybridized carbons (Fsp3) is 0.111. The summed E-state index contributed by atoms with van der Waals surface area (Å²) in [4.78, 5) is 0. The van der Waals surface area contributed by atoms with Crippen LogP contribution in [0.4, 0.5) is 4.39 Å². The van der Waals surface area contributed by atoms with Crippen LogP contribution >= 0.6 is 33.9 Å². The number of rotatable bonds is 1. The fourth-order valence-corrected chi connectivity index (χ4v) is 3.15. The molecule has 2 rings (SSSR count). The van der Waals surface area contributed by atoms with Gasteiger partial charge in [0.2, 0.25) is 0 Å². The summed E-state index contributed by atoms with van der Waals surface area (Å²) in [5.41, 5.74) is 0. The van der Waals surface area contributed by atoms with Gasteiger partial charge in [-0.2, -0.15) is 0 Å². The lowest BCUT2D eigenvalue weighted by Gasteiger charge is -2.03. The van der Waals surface area contributed by atoms with Crippen molar-refractivity contribution in [2.24, 2.45) is 0 Å². The number of hydrogen-bond acceptors (Lipinski definition) is 2. The average Bonchev–Trinajstić information content (AvgIpc) is 2.49. The lowest BCUT2D eigenvalue weighted by molar-refractivity contribution is 0.392. The van der Waals surface area contributed by atoms with Crippen molar-refractivity contribution in [2.45, 2.75) is 0 Å². The minimum absolute atomic E-state index is 0.300. The van der Waals surface area contributed by atoms with E-state index in [1.807, 2.05) is 5.38 Å². The van der Waals surface area contributed by atoms with Crippen LogP contribution in [-0.2, 0) is 0 Å². The molecule has 0 saturated heterocycles. The monoisotopic (exact) mass is 308 g/mol. The third-order valence-corrected chi connectivity index (χ3v) is 4.02. The van der Waals surface area contributed by atoms with Gasteiger partial charge in [-0.15, -0.1) is 11.3 Å². The highest BCUT2D eigenvalue weighted by atomic mass is 127. The molecule has 0 unspecified atom stereocenters. The molecule has 0 spiro atoms. The minimum atomic E-state index is -0.300. The molecule has 4 heteroatoms. The zero-order valence-electron chi connectivity index (χ0n) is 6.80. The number of benzene rings is 1. The molecule has 0 N–H and O–H groups in total. The van der Waals surface area contributed by atoms with Crippen LogP contribution in [0.2, 0.25) is 0 Å². The molecule has 0 aliphatic carbocycles. The molecule has 0 aliphatic rings. The molecule has 13 heavy (non-hydrogen) atoms. The average molecular weight is 308 g/mol. The van der Waals surface area contributed by atoms with Gasteiger partial charge in [0.15, 0.2) is 11.6 Å². The first kappa shape index (κ1) is 9.21. The van der Waals surface area contributed by atoms with E-state index in [1.54, 1.807) is 17.4 Å². The van der Waals surface area contributed by atoms with E-state index in [0.717, 1.165) is 13.7 Å². The van der Waals surface area contributed by atoms with E-state index < -0.39 is 0 Å². The van der Waals surface area contributed by atoms with Crippen molar-refractivity contribution >= 4 is 44.0 Å². The number of methoxy groups -OCH3 is 1. The minimum Gasteiger partial charge on any atom is -0.493 e. The topological polar surface area (TPSA) is 9.23 Å². The second kappa shape index (κ2) is 3.42. The lowest BCUT2D eigenvalue weighted by atomic mass is 10.2. The Morgan fingerprint density at radius 1 is 1.46 bits per heavy atom. The summed E-state index contributed by atoms with van der Waals surface area (Å²) in [5, 5.41) is 2.88. The van der Waals surface area contributed by atoms with Gasteiger partial charge in [-0.3, -0.25) is 0 Å². The van der Waals surface area contributed by atoms with Gasteiger partial charge >= 0.3 is 0 Å². The second-order valence-electron chi connectivity index (χ2n) is 2.54. The van der Waals surface area contributed by atoms with Gasteiger partial charge in [0, 0.05) is 13.7 Å². The molecule has 0 fully saturated rings. The van der Waals surface area contributed by atoms with Crippen molar-refractivity contribution in [3.63, 3.8) is 0 Å². The third kappa shape index (κ3) is 1.42. The normalized spacial score (nSPS) is 10.7. The largest absolute Gasteiger partial charge is 0.493 e. The number of ether oxygens (including phenoxy) is 1. The van der Waals surface area contributed by atoms with E-state index in [1.165, 1.54) is 13.2 Å². The van der Waals surface area contributed by atoms with Crippen molar-refractivity contribution < 1.29 is 9.13 Å². The maximum absolute atomic E-state index is 13.3. The fourth-order valence-electron chi connectivity index (χ4n) is 1.24. The molecular weight excluding hydrogens is 302 g/mol. The van der Waals surface area contributed by atoms with Crippen LogP contribution in [0.3, 0.4) is 0 Å². The summed E-state index contributed by atoms with van der Waals surface area (Å²) in [6.45, 7) is 0. The highest BCUT2D eigenvalue weighted by molar-refractivity contribution is 14.1. The Bertz CT molecular complexity index is 452. The first-order valence-corrected chi connectivity index (χ1v) is 5.59. The summed E-state index contributed by atoms with van der Waals surface area (Å²) in [7, 11) is 1.49. The first-order chi connectivity index (χ1) is 6.24. The van der Waals surface area contributed by atoms with Crippen LogP contribution in [0.25, 0.3) is 10.1 Å². The summed E-state index contributed by atoms with van der Waals surface area (Å²) >= 11 is 3.78. The molecule has 0 radical (unpaired) electrons. The van der Waals surface area contributed by atoms with Gasteiger partial charge in [-0.25, -0.2) is 4.39 Å². The van der Waals surface area contributed by atoms with Crippen molar-refractivity contribution in [2.75, 3.05) is 7.11 Å². The molecule has 68 valence electrons. The molecule has 1 heterocycles. The Morgan fingerprint density at radius 3 is 2.92 bits per heavy atom. The Kier molecular flexibility index (Phi) is 2.42. The van der Waals surface area contributed by atoms with Gasteiger partial charge in [0.25, 0.3) is 0 Å². The molecule has 0 atom stereocenters. The Hall–Kier alpha value is -0.360. The highest BCUT2D eigenvalue weighted by Crippen LogP contribution is 2.36. The van der Waals surface area contributed by atoms with Crippen molar-refractivity contribution in [3.05, 3.63) is 26.9 Å². The van der Waals surface area contributed by atoms with Crippen LogP contribution in [0.15, 0.2) is 17.5 Å². The zero-order valence-corrected chi connectivity index (χ0v) is 9.78. The van der Waals surface area contributed by atoms with Crippen LogP contribution in [0.1, 0.15) is 0 Å². The molecule has 0 aliphatic heterocycles. The first-order valence-electron chi connectivity index (χ1n) is 3.63. The van der Waals surface area contributed by atoms with Crippen LogP contribution in [-0.4, -0.2) is 7.11 Å². The summed E-state index contributed by atoms with van der Waals surface area (Å²) in [6.07, 6.45) is 0. The third-order valence-electron chi connectivity index (χ3n) is 1.80. The van der Waals surface area contributed by atoms with Crippen molar-refractivity contribution in [3.8, 4) is 5.75 Å². The molecule has 0 amide bonds. The molecule has 0 bridgehead atoms. The standard InChI is InChI=1S/C9H6FIOS/c1-12-9-5(10)2-3-7-8(9)6(11)4-13-7/h2-4H,1H3. The molecule has 1 nitrogen and oxygen atoms in total. The molecule has 1 aromatic carbocycles. The predicted molar refractivity (Wildman–Crippen MR) is 61.1 cm³/mol. The van der Waals surface area contributed by atoms with Crippen molar-refractivity contribution in [1.29, 1.82) is 0 Å². The Balaban J connectivity index is 2.88. The molecule has 0 saturated carbocycles. The summed E-state index contributed by atoms with van der Waals surface area (Å²) < 4.78 is 20.4. The Labute approximate surface area is 92.7 Å². The van der Waals surface area contributed by atoms with E-state index in [9.17, 15) is 4.39 Å². The molecule has 1 aromatic heterocycles. The quantitative estimate of drug-likeness (QED) is 0.731. The smallest absolute Gasteiger partial charge is 0.165 e. The molecular formula is C9H6FIOS. The zero-order chi connectivity index (χ0) is 9.42. The highest BCUT2D eigenvalue weighted by Gasteiger charge is 2.11. The van der Waals surface area contributed by atoms with Crippen LogP contribution < -0.4 is 4.74 Å². The van der Waals surface area contributed by atoms with E-state index in [2.05, 4.69) is 22.6 Å². The van der Waals surface area contributed by atoms with Gasteiger partial charge in [0.05, 0.1) is 12.5 Å². The predicted octanol–water partition coefficient (Wildman–Crippen LogP) is 3.65. The number of hydrogen-bond donors (Lipinski definition) is 0. The van der Waals surface area contributed by atoms with E-state index in [-0.39, 0.29) is 5.82 Å². The maximum atomic E-state index is 13.3. The SMILES string of the molecule is COc1c(F)ccc2scc(I)c12.